The Hall–Kier alpha value is -2.99. The van der Waals surface area contributed by atoms with E-state index in [1.165, 1.54) is 10.1 Å². The molecule has 0 bridgehead atoms. The van der Waals surface area contributed by atoms with Crippen molar-refractivity contribution >= 4 is 30.2 Å². The fourth-order valence-electron chi connectivity index (χ4n) is 5.00. The molecule has 0 radical (unpaired) electrons. The number of piperazine rings is 1. The van der Waals surface area contributed by atoms with Crippen LogP contribution in [0.25, 0.3) is 5.69 Å². The smallest absolute Gasteiger partial charge is 0.338 e. The lowest BCUT2D eigenvalue weighted by Crippen LogP contribution is -2.58. The standard InChI is InChI=1S/C27H40N8O3.ClH/c1-19(32-11-8-21(28)9-12-32)18-20-4-6-22(7-5-20)35-13-10-23(31-26(35)38)30-25(37)34-16-14-33(15-17-34)24(36)27(2,3)29;/h4-7,10,13,19,21H,8-9,11-12,14-18,28-29H2,1-3H3,(H,30,31,37,38);1H. The summed E-state index contributed by atoms with van der Waals surface area (Å²) in [4.78, 5) is 47.5. The van der Waals surface area contributed by atoms with Gasteiger partial charge in [-0.15, -0.1) is 12.4 Å². The van der Waals surface area contributed by atoms with Crippen molar-refractivity contribution in [2.75, 3.05) is 44.6 Å². The summed E-state index contributed by atoms with van der Waals surface area (Å²) in [6.45, 7) is 9.22. The quantitative estimate of drug-likeness (QED) is 0.485. The summed E-state index contributed by atoms with van der Waals surface area (Å²) < 4.78 is 1.45. The summed E-state index contributed by atoms with van der Waals surface area (Å²) >= 11 is 0. The third-order valence-corrected chi connectivity index (χ3v) is 7.39. The molecule has 2 aliphatic rings. The maximum atomic E-state index is 12.7. The van der Waals surface area contributed by atoms with Gasteiger partial charge in [-0.05, 0) is 76.9 Å². The lowest BCUT2D eigenvalue weighted by atomic mass is 10.0. The number of nitrogens with zero attached hydrogens (tertiary/aromatic N) is 5. The highest BCUT2D eigenvalue weighted by atomic mass is 35.5. The number of nitrogens with two attached hydrogens (primary N) is 2. The number of carbonyl (C=O) groups is 2. The average Bonchev–Trinajstić information content (AvgIpc) is 2.89. The van der Waals surface area contributed by atoms with Gasteiger partial charge in [-0.3, -0.25) is 14.7 Å². The van der Waals surface area contributed by atoms with E-state index < -0.39 is 11.2 Å². The number of urea groups is 1. The number of anilines is 1. The van der Waals surface area contributed by atoms with Gasteiger partial charge in [-0.1, -0.05) is 12.1 Å². The topological polar surface area (TPSA) is 143 Å². The van der Waals surface area contributed by atoms with E-state index in [0.717, 1.165) is 32.4 Å². The number of piperidine rings is 1. The molecule has 0 saturated carbocycles. The average molecular weight is 561 g/mol. The maximum absolute atomic E-state index is 12.7. The maximum Gasteiger partial charge on any atom is 0.354 e. The first-order valence-electron chi connectivity index (χ1n) is 13.3. The summed E-state index contributed by atoms with van der Waals surface area (Å²) in [5, 5.41) is 2.69. The predicted octanol–water partition coefficient (Wildman–Crippen LogP) is 1.42. The molecule has 214 valence electrons. The van der Waals surface area contributed by atoms with Gasteiger partial charge in [-0.2, -0.15) is 4.98 Å². The third kappa shape index (κ3) is 7.78. The Labute approximate surface area is 235 Å². The Morgan fingerprint density at radius 2 is 1.62 bits per heavy atom. The highest BCUT2D eigenvalue weighted by Crippen LogP contribution is 2.17. The number of halogens is 1. The molecule has 2 fully saturated rings. The molecule has 3 heterocycles. The summed E-state index contributed by atoms with van der Waals surface area (Å²) in [5.41, 5.74) is 12.4. The minimum absolute atomic E-state index is 0. The van der Waals surface area contributed by atoms with Gasteiger partial charge >= 0.3 is 11.7 Å². The highest BCUT2D eigenvalue weighted by molar-refractivity contribution is 5.89. The zero-order valence-corrected chi connectivity index (χ0v) is 23.8. The molecular formula is C27H41ClN8O3. The Kier molecular flexibility index (Phi) is 10.1. The Bertz CT molecular complexity index is 1180. The lowest BCUT2D eigenvalue weighted by molar-refractivity contribution is -0.137. The van der Waals surface area contributed by atoms with Crippen LogP contribution in [0.3, 0.4) is 0 Å². The minimum atomic E-state index is -0.945. The number of amides is 3. The van der Waals surface area contributed by atoms with Gasteiger partial charge in [0.15, 0.2) is 0 Å². The second-order valence-corrected chi connectivity index (χ2v) is 11.0. The number of hydrogen-bond donors (Lipinski definition) is 3. The third-order valence-electron chi connectivity index (χ3n) is 7.39. The van der Waals surface area contributed by atoms with E-state index in [-0.39, 0.29) is 30.2 Å². The van der Waals surface area contributed by atoms with Crippen LogP contribution < -0.4 is 22.5 Å². The number of hydrogen-bond acceptors (Lipinski definition) is 7. The van der Waals surface area contributed by atoms with Crippen LogP contribution in [0, 0.1) is 0 Å². The number of rotatable bonds is 6. The van der Waals surface area contributed by atoms with Crippen LogP contribution in [0.2, 0.25) is 0 Å². The van der Waals surface area contributed by atoms with Gasteiger partial charge in [0, 0.05) is 44.5 Å². The molecule has 0 aliphatic carbocycles. The van der Waals surface area contributed by atoms with Gasteiger partial charge in [0.2, 0.25) is 5.91 Å². The molecule has 4 rings (SSSR count). The van der Waals surface area contributed by atoms with Gasteiger partial charge in [0.1, 0.15) is 5.82 Å². The van der Waals surface area contributed by atoms with E-state index in [4.69, 9.17) is 11.5 Å². The van der Waals surface area contributed by atoms with Gasteiger partial charge in [0.05, 0.1) is 11.2 Å². The van der Waals surface area contributed by atoms with Crippen LogP contribution in [-0.4, -0.2) is 93.1 Å². The lowest BCUT2D eigenvalue weighted by Gasteiger charge is -2.37. The van der Waals surface area contributed by atoms with Crippen molar-refractivity contribution < 1.29 is 9.59 Å². The first-order valence-corrected chi connectivity index (χ1v) is 13.3. The van der Waals surface area contributed by atoms with Crippen LogP contribution in [-0.2, 0) is 11.2 Å². The molecule has 2 aliphatic heterocycles. The van der Waals surface area contributed by atoms with E-state index in [0.29, 0.717) is 44.0 Å². The number of likely N-dealkylation sites (tertiary alicyclic amines) is 1. The zero-order chi connectivity index (χ0) is 27.4. The van der Waals surface area contributed by atoms with Crippen molar-refractivity contribution in [2.24, 2.45) is 11.5 Å². The number of aromatic nitrogens is 2. The van der Waals surface area contributed by atoms with E-state index in [2.05, 4.69) is 22.1 Å². The monoisotopic (exact) mass is 560 g/mol. The van der Waals surface area contributed by atoms with Crippen molar-refractivity contribution in [1.82, 2.24) is 24.3 Å². The molecule has 1 unspecified atom stereocenters. The first-order chi connectivity index (χ1) is 18.0. The summed E-state index contributed by atoms with van der Waals surface area (Å²) in [6.07, 6.45) is 4.63. The highest BCUT2D eigenvalue weighted by Gasteiger charge is 2.31. The number of benzene rings is 1. The minimum Gasteiger partial charge on any atom is -0.338 e. The van der Waals surface area contributed by atoms with Gasteiger partial charge in [0.25, 0.3) is 0 Å². The normalized spacial score (nSPS) is 17.9. The van der Waals surface area contributed by atoms with E-state index >= 15 is 0 Å². The number of nitrogens with one attached hydrogen (secondary N) is 1. The second-order valence-electron chi connectivity index (χ2n) is 11.0. The largest absolute Gasteiger partial charge is 0.354 e. The summed E-state index contributed by atoms with van der Waals surface area (Å²) in [6, 6.07) is 9.91. The van der Waals surface area contributed by atoms with Crippen molar-refractivity contribution in [2.45, 2.75) is 57.7 Å². The van der Waals surface area contributed by atoms with Crippen LogP contribution in [0.4, 0.5) is 10.6 Å². The van der Waals surface area contributed by atoms with Crippen LogP contribution in [0.1, 0.15) is 39.2 Å². The van der Waals surface area contributed by atoms with Crippen molar-refractivity contribution in [3.8, 4) is 5.69 Å². The fourth-order valence-corrected chi connectivity index (χ4v) is 5.00. The van der Waals surface area contributed by atoms with Gasteiger partial charge in [-0.25, -0.2) is 9.59 Å². The molecule has 1 aromatic carbocycles. The Balaban J connectivity index is 0.00000420. The zero-order valence-electron chi connectivity index (χ0n) is 23.0. The molecule has 12 heteroatoms. The Morgan fingerprint density at radius 3 is 2.18 bits per heavy atom. The second kappa shape index (κ2) is 12.9. The van der Waals surface area contributed by atoms with E-state index in [1.54, 1.807) is 35.9 Å². The molecule has 5 N–H and O–H groups in total. The van der Waals surface area contributed by atoms with Crippen molar-refractivity contribution in [3.63, 3.8) is 0 Å². The fraction of sp³-hybridized carbons (Fsp3) is 0.556. The van der Waals surface area contributed by atoms with E-state index in [1.807, 2.05) is 24.3 Å². The first kappa shape index (κ1) is 30.6. The summed E-state index contributed by atoms with van der Waals surface area (Å²) in [5.74, 6) is 0.0436. The molecule has 3 amide bonds. The molecule has 1 atom stereocenters. The molecule has 2 aromatic rings. The Morgan fingerprint density at radius 1 is 1.03 bits per heavy atom. The molecule has 11 nitrogen and oxygen atoms in total. The van der Waals surface area contributed by atoms with E-state index in [9.17, 15) is 14.4 Å². The van der Waals surface area contributed by atoms with Gasteiger partial charge < -0.3 is 26.2 Å². The van der Waals surface area contributed by atoms with Crippen LogP contribution >= 0.6 is 12.4 Å². The molecule has 1 aromatic heterocycles. The van der Waals surface area contributed by atoms with Crippen LogP contribution in [0.5, 0.6) is 0 Å². The molecule has 39 heavy (non-hydrogen) atoms. The SMILES string of the molecule is CC(Cc1ccc(-n2ccc(NC(=O)N3CCN(C(=O)C(C)(C)N)CC3)nc2=O)cc1)N1CCC(N)CC1.Cl. The predicted molar refractivity (Wildman–Crippen MR) is 154 cm³/mol. The molecular weight excluding hydrogens is 520 g/mol. The van der Waals surface area contributed by atoms with Crippen LogP contribution in [0.15, 0.2) is 41.3 Å². The van der Waals surface area contributed by atoms with Crippen molar-refractivity contribution in [1.29, 1.82) is 0 Å². The summed E-state index contributed by atoms with van der Waals surface area (Å²) in [7, 11) is 0. The molecule has 0 spiro atoms. The van der Waals surface area contributed by atoms with Crippen molar-refractivity contribution in [3.05, 3.63) is 52.6 Å². The molecule has 2 saturated heterocycles. The number of carbonyl (C=O) groups excluding carboxylic acids is 2.